The Morgan fingerprint density at radius 2 is 1.43 bits per heavy atom. The van der Waals surface area contributed by atoms with E-state index in [4.69, 9.17) is 9.47 Å². The molecule has 0 spiro atoms. The first-order valence-corrected chi connectivity index (χ1v) is 10.5. The molecule has 0 heterocycles. The maximum absolute atomic E-state index is 13.3. The molecule has 2 aromatic rings. The number of esters is 2. The molecule has 2 aromatic carbocycles. The van der Waals surface area contributed by atoms with Gasteiger partial charge in [0.05, 0.1) is 13.2 Å². The number of hydrogen-bond donors (Lipinski definition) is 0. The summed E-state index contributed by atoms with van der Waals surface area (Å²) in [7, 11) is 0. The molecular formula is C25H29NO4. The quantitative estimate of drug-likeness (QED) is 0.465. The summed E-state index contributed by atoms with van der Waals surface area (Å²) in [6.07, 6.45) is 1.94. The molecule has 30 heavy (non-hydrogen) atoms. The molecule has 1 aliphatic rings. The Kier molecular flexibility index (Phi) is 7.06. The van der Waals surface area contributed by atoms with E-state index in [0.29, 0.717) is 24.2 Å². The monoisotopic (exact) mass is 407 g/mol. The van der Waals surface area contributed by atoms with E-state index >= 15 is 0 Å². The van der Waals surface area contributed by atoms with Crippen LogP contribution in [0.25, 0.3) is 6.08 Å². The molecule has 1 aliphatic carbocycles. The molecule has 0 saturated heterocycles. The Hall–Kier alpha value is -2.92. The van der Waals surface area contributed by atoms with Crippen LogP contribution in [0.4, 0.5) is 0 Å². The number of fused-ring (bicyclic) bond motifs is 1. The zero-order chi connectivity index (χ0) is 21.6. The largest absolute Gasteiger partial charge is 0.465 e. The van der Waals surface area contributed by atoms with Crippen LogP contribution in [0.1, 0.15) is 37.5 Å². The van der Waals surface area contributed by atoms with Crippen LogP contribution in [0, 0.1) is 0 Å². The Morgan fingerprint density at radius 1 is 0.833 bits per heavy atom. The summed E-state index contributed by atoms with van der Waals surface area (Å²) >= 11 is 0. The van der Waals surface area contributed by atoms with Crippen molar-refractivity contribution in [3.63, 3.8) is 0 Å². The zero-order valence-electron chi connectivity index (χ0n) is 17.9. The minimum Gasteiger partial charge on any atom is -0.465 e. The molecule has 0 radical (unpaired) electrons. The molecule has 0 aliphatic heterocycles. The van der Waals surface area contributed by atoms with Gasteiger partial charge in [-0.15, -0.1) is 0 Å². The van der Waals surface area contributed by atoms with Crippen molar-refractivity contribution in [2.24, 2.45) is 0 Å². The van der Waals surface area contributed by atoms with E-state index in [2.05, 4.69) is 24.0 Å². The van der Waals surface area contributed by atoms with Crippen molar-refractivity contribution in [2.75, 3.05) is 26.3 Å². The van der Waals surface area contributed by atoms with Crippen LogP contribution >= 0.6 is 0 Å². The Bertz CT molecular complexity index is 902. The number of hydrogen-bond acceptors (Lipinski definition) is 5. The van der Waals surface area contributed by atoms with Gasteiger partial charge in [-0.1, -0.05) is 67.6 Å². The maximum atomic E-state index is 13.3. The van der Waals surface area contributed by atoms with E-state index in [0.717, 1.165) is 12.1 Å². The van der Waals surface area contributed by atoms with Gasteiger partial charge in [0, 0.05) is 13.1 Å². The van der Waals surface area contributed by atoms with Crippen molar-refractivity contribution >= 4 is 18.0 Å². The standard InChI is InChI=1S/C25H29NO4/c1-4-26(17-19-12-8-7-9-13-19)18-21-16-20-14-10-11-15-22(20)25(21,23(27)29-5-2)24(28)30-6-3/h7-16H,4-6,17-18H2,1-3H3. The topological polar surface area (TPSA) is 55.8 Å². The average Bonchev–Trinajstić information content (AvgIpc) is 3.09. The third-order valence-corrected chi connectivity index (χ3v) is 5.43. The van der Waals surface area contributed by atoms with Gasteiger partial charge in [-0.2, -0.15) is 0 Å². The van der Waals surface area contributed by atoms with Crippen LogP contribution < -0.4 is 0 Å². The summed E-state index contributed by atoms with van der Waals surface area (Å²) in [6, 6.07) is 17.6. The summed E-state index contributed by atoms with van der Waals surface area (Å²) in [5.74, 6) is -1.15. The molecule has 5 nitrogen and oxygen atoms in total. The molecule has 0 aromatic heterocycles. The maximum Gasteiger partial charge on any atom is 0.332 e. The van der Waals surface area contributed by atoms with Gasteiger partial charge in [-0.25, -0.2) is 0 Å². The number of benzene rings is 2. The number of likely N-dealkylation sites (N-methyl/N-ethyl adjacent to an activating group) is 1. The van der Waals surface area contributed by atoms with E-state index in [1.54, 1.807) is 13.8 Å². The van der Waals surface area contributed by atoms with Crippen LogP contribution in [-0.2, 0) is 31.0 Å². The molecule has 158 valence electrons. The van der Waals surface area contributed by atoms with E-state index in [1.807, 2.05) is 48.5 Å². The van der Waals surface area contributed by atoms with Crippen LogP contribution in [-0.4, -0.2) is 43.1 Å². The molecule has 0 N–H and O–H groups in total. The van der Waals surface area contributed by atoms with Crippen molar-refractivity contribution in [1.82, 2.24) is 4.90 Å². The summed E-state index contributed by atoms with van der Waals surface area (Å²) in [6.45, 7) is 7.88. The molecular weight excluding hydrogens is 378 g/mol. The lowest BCUT2D eigenvalue weighted by Gasteiger charge is -2.32. The van der Waals surface area contributed by atoms with Crippen molar-refractivity contribution < 1.29 is 19.1 Å². The minimum atomic E-state index is -1.56. The molecule has 0 fully saturated rings. The number of carbonyl (C=O) groups is 2. The average molecular weight is 408 g/mol. The normalized spacial score (nSPS) is 14.2. The van der Waals surface area contributed by atoms with Crippen molar-refractivity contribution in [2.45, 2.75) is 32.7 Å². The number of nitrogens with zero attached hydrogens (tertiary/aromatic N) is 1. The van der Waals surface area contributed by atoms with Gasteiger partial charge in [-0.05, 0) is 42.7 Å². The van der Waals surface area contributed by atoms with E-state index in [9.17, 15) is 9.59 Å². The highest BCUT2D eigenvalue weighted by molar-refractivity contribution is 6.13. The molecule has 3 rings (SSSR count). The van der Waals surface area contributed by atoms with Crippen LogP contribution in [0.15, 0.2) is 60.2 Å². The van der Waals surface area contributed by atoms with Gasteiger partial charge < -0.3 is 9.47 Å². The third kappa shape index (κ3) is 4.03. The highest BCUT2D eigenvalue weighted by Crippen LogP contribution is 2.44. The van der Waals surface area contributed by atoms with Gasteiger partial charge >= 0.3 is 11.9 Å². The fraction of sp³-hybridized carbons (Fsp3) is 0.360. The lowest BCUT2D eigenvalue weighted by atomic mass is 9.76. The Balaban J connectivity index is 2.03. The third-order valence-electron chi connectivity index (χ3n) is 5.43. The van der Waals surface area contributed by atoms with Gasteiger partial charge in [0.25, 0.3) is 0 Å². The van der Waals surface area contributed by atoms with Gasteiger partial charge in [0.2, 0.25) is 5.41 Å². The van der Waals surface area contributed by atoms with Crippen LogP contribution in [0.5, 0.6) is 0 Å². The summed E-state index contributed by atoms with van der Waals surface area (Å²) in [4.78, 5) is 28.8. The highest BCUT2D eigenvalue weighted by Gasteiger charge is 2.57. The van der Waals surface area contributed by atoms with Crippen molar-refractivity contribution in [3.05, 3.63) is 76.9 Å². The lowest BCUT2D eigenvalue weighted by molar-refractivity contribution is -0.162. The number of ether oxygens (including phenoxy) is 2. The molecule has 0 amide bonds. The molecule has 0 bridgehead atoms. The van der Waals surface area contributed by atoms with E-state index < -0.39 is 17.4 Å². The predicted molar refractivity (Wildman–Crippen MR) is 117 cm³/mol. The molecule has 0 atom stereocenters. The SMILES string of the molecule is CCOC(=O)C1(C(=O)OCC)C(CN(CC)Cc2ccccc2)=Cc2ccccc21. The van der Waals surface area contributed by atoms with Crippen LogP contribution in [0.2, 0.25) is 0 Å². The highest BCUT2D eigenvalue weighted by atomic mass is 16.6. The second-order valence-corrected chi connectivity index (χ2v) is 7.24. The molecule has 0 unspecified atom stereocenters. The zero-order valence-corrected chi connectivity index (χ0v) is 17.9. The van der Waals surface area contributed by atoms with Crippen molar-refractivity contribution in [3.8, 4) is 0 Å². The molecule has 5 heteroatoms. The predicted octanol–water partition coefficient (Wildman–Crippen LogP) is 3.97. The number of rotatable bonds is 9. The summed E-state index contributed by atoms with van der Waals surface area (Å²) < 4.78 is 10.8. The first-order valence-electron chi connectivity index (χ1n) is 10.5. The van der Waals surface area contributed by atoms with Crippen LogP contribution in [0.3, 0.4) is 0 Å². The first-order chi connectivity index (χ1) is 14.6. The van der Waals surface area contributed by atoms with E-state index in [-0.39, 0.29) is 13.2 Å². The van der Waals surface area contributed by atoms with E-state index in [1.165, 1.54) is 5.56 Å². The Labute approximate surface area is 178 Å². The fourth-order valence-corrected chi connectivity index (χ4v) is 4.00. The lowest BCUT2D eigenvalue weighted by Crippen LogP contribution is -2.49. The summed E-state index contributed by atoms with van der Waals surface area (Å²) in [5.41, 5.74) is 1.79. The second-order valence-electron chi connectivity index (χ2n) is 7.24. The number of carbonyl (C=O) groups excluding carboxylic acids is 2. The van der Waals surface area contributed by atoms with Gasteiger partial charge in [0.15, 0.2) is 0 Å². The van der Waals surface area contributed by atoms with Crippen molar-refractivity contribution in [1.29, 1.82) is 0 Å². The van der Waals surface area contributed by atoms with Gasteiger partial charge in [-0.3, -0.25) is 14.5 Å². The molecule has 0 saturated carbocycles. The second kappa shape index (κ2) is 9.72. The minimum absolute atomic E-state index is 0.191. The smallest absolute Gasteiger partial charge is 0.332 e. The Morgan fingerprint density at radius 3 is 2.03 bits per heavy atom. The van der Waals surface area contributed by atoms with Gasteiger partial charge in [0.1, 0.15) is 0 Å². The first kappa shape index (κ1) is 21.8. The summed E-state index contributed by atoms with van der Waals surface area (Å²) in [5, 5.41) is 0. The fourth-order valence-electron chi connectivity index (χ4n) is 4.00.